The minimum absolute atomic E-state index is 0.0260. The van der Waals surface area contributed by atoms with Crippen molar-refractivity contribution in [2.45, 2.75) is 23.6 Å². The molecule has 18 heteroatoms. The van der Waals surface area contributed by atoms with Crippen LogP contribution in [0.25, 0.3) is 10.4 Å². The molecule has 0 radical (unpaired) electrons. The molecular formula is C20H13Cl2F6N5O5. The summed E-state index contributed by atoms with van der Waals surface area (Å²) in [5, 5.41) is 16.3. The van der Waals surface area contributed by atoms with Crippen molar-refractivity contribution in [2.75, 3.05) is 23.8 Å². The van der Waals surface area contributed by atoms with E-state index in [-0.39, 0.29) is 21.4 Å². The molecule has 10 nitrogen and oxygen atoms in total. The minimum Gasteiger partial charge on any atom is -0.428 e. The maximum atomic E-state index is 13.4. The molecule has 0 aromatic heterocycles. The molecule has 0 spiro atoms. The van der Waals surface area contributed by atoms with Gasteiger partial charge in [-0.15, -0.1) is 0 Å². The molecule has 2 aromatic carbocycles. The molecule has 204 valence electrons. The molecule has 0 fully saturated rings. The van der Waals surface area contributed by atoms with E-state index in [4.69, 9.17) is 33.8 Å². The Morgan fingerprint density at radius 3 is 1.68 bits per heavy atom. The second kappa shape index (κ2) is 10.3. The Labute approximate surface area is 218 Å². The number of nitrogens with zero attached hydrogens (tertiary/aromatic N) is 3. The van der Waals surface area contributed by atoms with Crippen molar-refractivity contribution in [1.29, 1.82) is 0 Å². The lowest BCUT2D eigenvalue weighted by molar-refractivity contribution is -0.275. The fraction of sp³-hybridized carbons (Fsp3) is 0.300. The van der Waals surface area contributed by atoms with E-state index in [1.54, 1.807) is 0 Å². The highest BCUT2D eigenvalue weighted by molar-refractivity contribution is 6.31. The third-order valence-corrected chi connectivity index (χ3v) is 5.81. The quantitative estimate of drug-likeness (QED) is 0.160. The normalized spacial score (nSPS) is 22.1. The Morgan fingerprint density at radius 1 is 0.868 bits per heavy atom. The highest BCUT2D eigenvalue weighted by Crippen LogP contribution is 2.49. The standard InChI is InChI=1S/C10H6ClF3N4O2.C10H7ClF3NO3/c11-5-1-2-7-6(3-5)9(4-16-18-15,10(12,13)14)20-8(19)17-7;11-5-1-2-7-6(3-5)9(4-16,10(12,13)14)18-8(17)15-7/h1-3H,4H2,(H,17,19);1-3,16H,4H2,(H,15,17). The number of nitrogens with one attached hydrogen (secondary N) is 2. The number of ether oxygens (including phenoxy) is 2. The number of hydrogen-bond donors (Lipinski definition) is 3. The summed E-state index contributed by atoms with van der Waals surface area (Å²) >= 11 is 11.3. The zero-order chi connectivity index (χ0) is 28.5. The summed E-state index contributed by atoms with van der Waals surface area (Å²) in [6.45, 7) is -2.54. The lowest BCUT2D eigenvalue weighted by Crippen LogP contribution is -2.52. The van der Waals surface area contributed by atoms with Gasteiger partial charge >= 0.3 is 24.5 Å². The molecule has 0 saturated heterocycles. The van der Waals surface area contributed by atoms with Gasteiger partial charge in [-0.3, -0.25) is 10.6 Å². The molecular weight excluding hydrogens is 575 g/mol. The molecule has 2 aliphatic heterocycles. The van der Waals surface area contributed by atoms with Gasteiger partial charge in [0.15, 0.2) is 0 Å². The molecule has 0 saturated carbocycles. The van der Waals surface area contributed by atoms with Crippen LogP contribution >= 0.6 is 23.2 Å². The lowest BCUT2D eigenvalue weighted by Gasteiger charge is -2.38. The second-order valence-corrected chi connectivity index (χ2v) is 8.48. The lowest BCUT2D eigenvalue weighted by atomic mass is 9.90. The summed E-state index contributed by atoms with van der Waals surface area (Å²) in [5.41, 5.74) is 1.08. The smallest absolute Gasteiger partial charge is 0.428 e. The number of halogens is 8. The number of aliphatic hydroxyl groups excluding tert-OH is 1. The first-order valence-corrected chi connectivity index (χ1v) is 10.7. The van der Waals surface area contributed by atoms with Crippen molar-refractivity contribution < 1.29 is 50.5 Å². The molecule has 2 aliphatic rings. The summed E-state index contributed by atoms with van der Waals surface area (Å²) in [6, 6.07) is 7.09. The molecule has 2 aromatic rings. The monoisotopic (exact) mass is 587 g/mol. The first kappa shape index (κ1) is 29.0. The zero-order valence-corrected chi connectivity index (χ0v) is 19.8. The highest BCUT2D eigenvalue weighted by atomic mass is 35.5. The first-order valence-electron chi connectivity index (χ1n) is 9.95. The maximum Gasteiger partial charge on any atom is 0.435 e. The van der Waals surface area contributed by atoms with Crippen LogP contribution in [0.15, 0.2) is 41.5 Å². The van der Waals surface area contributed by atoms with Crippen molar-refractivity contribution >= 4 is 46.8 Å². The Balaban J connectivity index is 0.000000212. The van der Waals surface area contributed by atoms with E-state index in [1.165, 1.54) is 24.3 Å². The molecule has 2 unspecified atom stereocenters. The van der Waals surface area contributed by atoms with Crippen LogP contribution in [0.1, 0.15) is 11.1 Å². The van der Waals surface area contributed by atoms with Crippen molar-refractivity contribution in [3.05, 3.63) is 68.0 Å². The Bertz CT molecular complexity index is 1320. The molecule has 2 atom stereocenters. The number of carbonyl (C=O) groups is 2. The Hall–Kier alpha value is -3.59. The van der Waals surface area contributed by atoms with Crippen LogP contribution in [0.2, 0.25) is 10.0 Å². The van der Waals surface area contributed by atoms with Gasteiger partial charge in [0.1, 0.15) is 0 Å². The number of fused-ring (bicyclic) bond motifs is 2. The second-order valence-electron chi connectivity index (χ2n) is 7.61. The number of azide groups is 1. The number of amides is 2. The van der Waals surface area contributed by atoms with E-state index in [1.807, 2.05) is 0 Å². The van der Waals surface area contributed by atoms with Crippen LogP contribution in [0.5, 0.6) is 0 Å². The SMILES string of the molecule is O=C1Nc2ccc(Cl)cc2C(CO)(C(F)(F)F)O1.[N-]=[N+]=NCC1(C(F)(F)F)OC(=O)Nc2ccc(Cl)cc21. The molecule has 0 aliphatic carbocycles. The molecule has 38 heavy (non-hydrogen) atoms. The number of hydrogen-bond acceptors (Lipinski definition) is 6. The van der Waals surface area contributed by atoms with Gasteiger partial charge in [-0.05, 0) is 41.9 Å². The number of aliphatic hydroxyl groups is 1. The van der Waals surface area contributed by atoms with Crippen molar-refractivity contribution in [2.24, 2.45) is 5.11 Å². The van der Waals surface area contributed by atoms with E-state index in [9.17, 15) is 35.9 Å². The predicted molar refractivity (Wildman–Crippen MR) is 120 cm³/mol. The van der Waals surface area contributed by atoms with E-state index >= 15 is 0 Å². The van der Waals surface area contributed by atoms with Gasteiger partial charge in [0, 0.05) is 26.1 Å². The Kier molecular flexibility index (Phi) is 7.84. The fourth-order valence-electron chi connectivity index (χ4n) is 3.58. The van der Waals surface area contributed by atoms with E-state index < -0.39 is 60.0 Å². The van der Waals surface area contributed by atoms with Gasteiger partial charge in [-0.1, -0.05) is 28.3 Å². The summed E-state index contributed by atoms with van der Waals surface area (Å²) in [5.74, 6) is 0. The number of rotatable bonds is 3. The predicted octanol–water partition coefficient (Wildman–Crippen LogP) is 6.62. The molecule has 2 amide bonds. The van der Waals surface area contributed by atoms with Crippen LogP contribution in [-0.2, 0) is 20.7 Å². The number of carbonyl (C=O) groups excluding carboxylic acids is 2. The highest BCUT2D eigenvalue weighted by Gasteiger charge is 2.63. The van der Waals surface area contributed by atoms with Crippen molar-refractivity contribution in [1.82, 2.24) is 0 Å². The van der Waals surface area contributed by atoms with Gasteiger partial charge in [0.25, 0.3) is 5.60 Å². The van der Waals surface area contributed by atoms with Gasteiger partial charge in [0.2, 0.25) is 5.60 Å². The van der Waals surface area contributed by atoms with E-state index in [2.05, 4.69) is 30.1 Å². The topological polar surface area (TPSA) is 146 Å². The third-order valence-electron chi connectivity index (χ3n) is 5.34. The van der Waals surface area contributed by atoms with Crippen LogP contribution in [0.3, 0.4) is 0 Å². The first-order chi connectivity index (χ1) is 17.6. The summed E-state index contributed by atoms with van der Waals surface area (Å²) in [6.07, 6.45) is -12.5. The third kappa shape index (κ3) is 5.20. The Morgan fingerprint density at radius 2 is 1.29 bits per heavy atom. The molecule has 4 rings (SSSR count). The van der Waals surface area contributed by atoms with Gasteiger partial charge < -0.3 is 14.6 Å². The number of anilines is 2. The number of cyclic esters (lactones) is 2. The minimum atomic E-state index is -4.97. The van der Waals surface area contributed by atoms with E-state index in [0.717, 1.165) is 12.1 Å². The largest absolute Gasteiger partial charge is 0.435 e. The number of alkyl halides is 6. The summed E-state index contributed by atoms with van der Waals surface area (Å²) < 4.78 is 88.0. The van der Waals surface area contributed by atoms with Crippen molar-refractivity contribution in [3.63, 3.8) is 0 Å². The van der Waals surface area contributed by atoms with E-state index in [0.29, 0.717) is 0 Å². The summed E-state index contributed by atoms with van der Waals surface area (Å²) in [7, 11) is 0. The summed E-state index contributed by atoms with van der Waals surface area (Å²) in [4.78, 5) is 24.8. The van der Waals surface area contributed by atoms with Crippen LogP contribution in [-0.4, -0.2) is 42.8 Å². The van der Waals surface area contributed by atoms with Gasteiger partial charge in [0.05, 0.1) is 24.5 Å². The van der Waals surface area contributed by atoms with Gasteiger partial charge in [-0.2, -0.15) is 26.3 Å². The average molecular weight is 588 g/mol. The van der Waals surface area contributed by atoms with Crippen LogP contribution < -0.4 is 10.6 Å². The van der Waals surface area contributed by atoms with Crippen LogP contribution in [0.4, 0.5) is 47.3 Å². The van der Waals surface area contributed by atoms with Crippen molar-refractivity contribution in [3.8, 4) is 0 Å². The van der Waals surface area contributed by atoms with Gasteiger partial charge in [-0.25, -0.2) is 9.59 Å². The maximum absolute atomic E-state index is 13.4. The molecule has 2 heterocycles. The fourth-order valence-corrected chi connectivity index (χ4v) is 3.93. The molecule has 3 N–H and O–H groups in total. The number of benzene rings is 2. The molecule has 0 bridgehead atoms. The zero-order valence-electron chi connectivity index (χ0n) is 18.3. The average Bonchev–Trinajstić information content (AvgIpc) is 2.81. The van der Waals surface area contributed by atoms with Crippen LogP contribution in [0, 0.1) is 0 Å².